The maximum Gasteiger partial charge on any atom is 0.268 e. The molecule has 1 saturated heterocycles. The van der Waals surface area contributed by atoms with Crippen LogP contribution in [-0.4, -0.2) is 37.7 Å². The minimum Gasteiger partial charge on any atom is -0.493 e. The van der Waals surface area contributed by atoms with Gasteiger partial charge in [-0.15, -0.1) is 11.3 Å². The molecular formula is C21H19N3O4S. The molecule has 1 fully saturated rings. The van der Waals surface area contributed by atoms with Crippen LogP contribution in [0.3, 0.4) is 0 Å². The Kier molecular flexibility index (Phi) is 4.37. The van der Waals surface area contributed by atoms with E-state index in [1.165, 1.54) is 11.3 Å². The fourth-order valence-electron chi connectivity index (χ4n) is 3.79. The number of nitrogens with zero attached hydrogens (tertiary/aromatic N) is 2. The highest BCUT2D eigenvalue weighted by Crippen LogP contribution is 2.41. The van der Waals surface area contributed by atoms with Gasteiger partial charge in [0.25, 0.3) is 5.91 Å². The van der Waals surface area contributed by atoms with E-state index in [0.717, 1.165) is 32.6 Å². The van der Waals surface area contributed by atoms with E-state index in [1.54, 1.807) is 12.5 Å². The molecule has 0 spiro atoms. The Bertz CT molecular complexity index is 1220. The van der Waals surface area contributed by atoms with Gasteiger partial charge in [-0.05, 0) is 17.7 Å². The van der Waals surface area contributed by atoms with Crippen molar-refractivity contribution in [2.45, 2.75) is 6.10 Å². The Balaban J connectivity index is 1.57. The van der Waals surface area contributed by atoms with Gasteiger partial charge >= 0.3 is 0 Å². The summed E-state index contributed by atoms with van der Waals surface area (Å²) in [6.45, 7) is 1.87. The van der Waals surface area contributed by atoms with Crippen LogP contribution in [-0.2, 0) is 4.74 Å². The van der Waals surface area contributed by atoms with E-state index in [0.29, 0.717) is 31.1 Å². The molecule has 2 aromatic carbocycles. The summed E-state index contributed by atoms with van der Waals surface area (Å²) in [7, 11) is 1.64. The van der Waals surface area contributed by atoms with Crippen molar-refractivity contribution in [1.82, 2.24) is 4.98 Å². The van der Waals surface area contributed by atoms with Crippen molar-refractivity contribution in [2.24, 2.45) is 5.73 Å². The Morgan fingerprint density at radius 1 is 1.31 bits per heavy atom. The zero-order valence-corrected chi connectivity index (χ0v) is 16.6. The lowest BCUT2D eigenvalue weighted by Crippen LogP contribution is -2.38. The number of hydrogen-bond donors (Lipinski definition) is 1. The lowest BCUT2D eigenvalue weighted by atomic mass is 10.00. The maximum atomic E-state index is 11.4. The van der Waals surface area contributed by atoms with Gasteiger partial charge in [0.15, 0.2) is 16.5 Å². The summed E-state index contributed by atoms with van der Waals surface area (Å²) in [4.78, 5) is 17.9. The van der Waals surface area contributed by atoms with E-state index < -0.39 is 5.91 Å². The van der Waals surface area contributed by atoms with E-state index in [1.807, 2.05) is 36.4 Å². The quantitative estimate of drug-likeness (QED) is 0.552. The molecule has 2 N–H and O–H groups in total. The predicted molar refractivity (Wildman–Crippen MR) is 112 cm³/mol. The summed E-state index contributed by atoms with van der Waals surface area (Å²) in [5, 5.41) is 4.50. The van der Waals surface area contributed by atoms with E-state index in [-0.39, 0.29) is 6.10 Å². The molecule has 3 heterocycles. The summed E-state index contributed by atoms with van der Waals surface area (Å²) < 4.78 is 17.7. The van der Waals surface area contributed by atoms with Crippen LogP contribution in [0.15, 0.2) is 46.2 Å². The first-order valence-corrected chi connectivity index (χ1v) is 10.1. The molecular weight excluding hydrogens is 390 g/mol. The van der Waals surface area contributed by atoms with Crippen molar-refractivity contribution < 1.29 is 18.7 Å². The van der Waals surface area contributed by atoms with Crippen LogP contribution in [0.1, 0.15) is 22.2 Å². The molecule has 1 aliphatic rings. The minimum atomic E-state index is -0.515. The number of ether oxygens (including phenoxy) is 2. The lowest BCUT2D eigenvalue weighted by Gasteiger charge is -2.33. The first-order valence-electron chi connectivity index (χ1n) is 9.25. The van der Waals surface area contributed by atoms with Gasteiger partial charge < -0.3 is 24.5 Å². The summed E-state index contributed by atoms with van der Waals surface area (Å²) >= 11 is 1.42. The van der Waals surface area contributed by atoms with Gasteiger partial charge in [0.05, 0.1) is 20.3 Å². The van der Waals surface area contributed by atoms with E-state index in [4.69, 9.17) is 19.6 Å². The van der Waals surface area contributed by atoms with Crippen molar-refractivity contribution in [3.63, 3.8) is 0 Å². The number of amides is 1. The van der Waals surface area contributed by atoms with Crippen LogP contribution in [0.4, 0.5) is 5.13 Å². The number of furan rings is 1. The van der Waals surface area contributed by atoms with Crippen LogP contribution in [0.5, 0.6) is 5.75 Å². The van der Waals surface area contributed by atoms with E-state index >= 15 is 0 Å². The SMILES string of the molecule is COc1ccc(C2CN(c3nc(C(N)=O)cs3)CCO2)c2c1oc1ccccc12. The molecule has 1 amide bonds. The average molecular weight is 409 g/mol. The first kappa shape index (κ1) is 18.0. The maximum absolute atomic E-state index is 11.4. The number of morpholine rings is 1. The van der Waals surface area contributed by atoms with Gasteiger partial charge in [0.1, 0.15) is 17.4 Å². The number of rotatable bonds is 4. The molecule has 0 radical (unpaired) electrons. The number of carbonyl (C=O) groups is 1. The molecule has 4 aromatic rings. The molecule has 0 aliphatic carbocycles. The Labute approximate surface area is 170 Å². The molecule has 1 atom stereocenters. The molecule has 148 valence electrons. The van der Waals surface area contributed by atoms with Crippen LogP contribution in [0.2, 0.25) is 0 Å². The Morgan fingerprint density at radius 3 is 2.97 bits per heavy atom. The Hall–Kier alpha value is -3.10. The van der Waals surface area contributed by atoms with E-state index in [2.05, 4.69) is 9.88 Å². The topological polar surface area (TPSA) is 90.8 Å². The van der Waals surface area contributed by atoms with E-state index in [9.17, 15) is 4.79 Å². The molecule has 29 heavy (non-hydrogen) atoms. The van der Waals surface area contributed by atoms with Gasteiger partial charge in [-0.25, -0.2) is 4.98 Å². The molecule has 0 saturated carbocycles. The second-order valence-corrected chi connectivity index (χ2v) is 7.68. The first-order chi connectivity index (χ1) is 14.2. The standard InChI is InChI=1S/C21H19N3O4S/c1-26-16-7-6-13(18-12-4-2-3-5-15(12)28-19(16)18)17-10-24(8-9-27-17)21-23-14(11-29-21)20(22)25/h2-7,11,17H,8-10H2,1H3,(H2,22,25). The Morgan fingerprint density at radius 2 is 2.17 bits per heavy atom. The minimum absolute atomic E-state index is 0.168. The largest absolute Gasteiger partial charge is 0.493 e. The van der Waals surface area contributed by atoms with Gasteiger partial charge in [0, 0.05) is 22.7 Å². The summed E-state index contributed by atoms with van der Waals surface area (Å²) in [6.07, 6.45) is -0.168. The van der Waals surface area contributed by atoms with Gasteiger partial charge in [-0.1, -0.05) is 24.3 Å². The molecule has 8 heteroatoms. The summed E-state index contributed by atoms with van der Waals surface area (Å²) in [6, 6.07) is 11.9. The third kappa shape index (κ3) is 3.01. The second kappa shape index (κ2) is 7.06. The molecule has 1 aliphatic heterocycles. The normalized spacial score (nSPS) is 17.1. The third-order valence-electron chi connectivity index (χ3n) is 5.17. The van der Waals surface area contributed by atoms with Crippen LogP contribution in [0, 0.1) is 0 Å². The monoisotopic (exact) mass is 409 g/mol. The average Bonchev–Trinajstić information content (AvgIpc) is 3.39. The number of thiazole rings is 1. The van der Waals surface area contributed by atoms with Crippen molar-refractivity contribution in [3.8, 4) is 5.75 Å². The molecule has 7 nitrogen and oxygen atoms in total. The van der Waals surface area contributed by atoms with Gasteiger partial charge in [0.2, 0.25) is 0 Å². The number of fused-ring (bicyclic) bond motifs is 3. The lowest BCUT2D eigenvalue weighted by molar-refractivity contribution is 0.0407. The highest BCUT2D eigenvalue weighted by Gasteiger charge is 2.28. The highest BCUT2D eigenvalue weighted by atomic mass is 32.1. The summed E-state index contributed by atoms with van der Waals surface area (Å²) in [5.41, 5.74) is 8.21. The highest BCUT2D eigenvalue weighted by molar-refractivity contribution is 7.13. The van der Waals surface area contributed by atoms with Crippen LogP contribution in [0.25, 0.3) is 21.9 Å². The number of aromatic nitrogens is 1. The number of hydrogen-bond acceptors (Lipinski definition) is 7. The van der Waals surface area contributed by atoms with Crippen molar-refractivity contribution in [1.29, 1.82) is 0 Å². The van der Waals surface area contributed by atoms with Crippen molar-refractivity contribution in [2.75, 3.05) is 31.7 Å². The van der Waals surface area contributed by atoms with Crippen molar-refractivity contribution in [3.05, 3.63) is 53.0 Å². The van der Waals surface area contributed by atoms with Crippen LogP contribution >= 0.6 is 11.3 Å². The number of primary amides is 1. The smallest absolute Gasteiger partial charge is 0.268 e. The van der Waals surface area contributed by atoms with Gasteiger partial charge in [-0.3, -0.25) is 4.79 Å². The number of anilines is 1. The molecule has 5 rings (SSSR count). The fraction of sp³-hybridized carbons (Fsp3) is 0.238. The fourth-order valence-corrected chi connectivity index (χ4v) is 4.64. The van der Waals surface area contributed by atoms with Gasteiger partial charge in [-0.2, -0.15) is 0 Å². The summed E-state index contributed by atoms with van der Waals surface area (Å²) in [5.74, 6) is 0.178. The second-order valence-electron chi connectivity index (χ2n) is 6.84. The van der Waals surface area contributed by atoms with Crippen molar-refractivity contribution >= 4 is 44.3 Å². The number of para-hydroxylation sites is 1. The molecule has 0 bridgehead atoms. The number of nitrogens with two attached hydrogens (primary N) is 1. The molecule has 1 unspecified atom stereocenters. The zero-order valence-electron chi connectivity index (χ0n) is 15.8. The number of methoxy groups -OCH3 is 1. The third-order valence-corrected chi connectivity index (χ3v) is 6.07. The number of carbonyl (C=O) groups excluding carboxylic acids is 1. The van der Waals surface area contributed by atoms with Crippen LogP contribution < -0.4 is 15.4 Å². The number of benzene rings is 2. The molecule has 2 aromatic heterocycles. The zero-order chi connectivity index (χ0) is 20.0. The predicted octanol–water partition coefficient (Wildman–Crippen LogP) is 3.73.